The molecule has 6 heteroatoms. The molecule has 2 N–H and O–H groups in total. The minimum Gasteiger partial charge on any atom is -0.478 e. The average Bonchev–Trinajstić information content (AvgIpc) is 2.35. The molecule has 4 nitrogen and oxygen atoms in total. The lowest BCUT2D eigenvalue weighted by molar-refractivity contribution is 0.0691. The maximum Gasteiger partial charge on any atom is 0.338 e. The van der Waals surface area contributed by atoms with Crippen molar-refractivity contribution in [3.8, 4) is 0 Å². The van der Waals surface area contributed by atoms with Crippen LogP contribution in [-0.2, 0) is 0 Å². The van der Waals surface area contributed by atoms with E-state index in [2.05, 4.69) is 5.32 Å². The van der Waals surface area contributed by atoms with Gasteiger partial charge in [0.25, 0.3) is 5.91 Å². The Labute approximate surface area is 121 Å². The van der Waals surface area contributed by atoms with E-state index >= 15 is 0 Å². The number of carboxylic acid groups (broad SMARTS) is 1. The molecule has 0 aromatic heterocycles. The van der Waals surface area contributed by atoms with E-state index in [0.717, 1.165) is 11.5 Å². The van der Waals surface area contributed by atoms with E-state index in [1.165, 1.54) is 12.1 Å². The zero-order valence-electron chi connectivity index (χ0n) is 10.8. The fraction of sp³-hybridized carbons (Fsp3) is 0.385. The largest absolute Gasteiger partial charge is 0.478 e. The molecule has 0 aliphatic heterocycles. The summed E-state index contributed by atoms with van der Waals surface area (Å²) < 4.78 is 0. The Morgan fingerprint density at radius 2 is 2.16 bits per heavy atom. The Hall–Kier alpha value is -1.20. The third kappa shape index (κ3) is 4.44. The number of carbonyl (C=O) groups is 2. The smallest absolute Gasteiger partial charge is 0.338 e. The second-order valence-corrected chi connectivity index (χ2v) is 5.73. The lowest BCUT2D eigenvalue weighted by Crippen LogP contribution is -2.35. The molecule has 0 bridgehead atoms. The highest BCUT2D eigenvalue weighted by Gasteiger charge is 2.20. The molecule has 1 rings (SSSR count). The Morgan fingerprint density at radius 3 is 2.74 bits per heavy atom. The lowest BCUT2D eigenvalue weighted by Gasteiger charge is -2.14. The number of carboxylic acids is 1. The SMILES string of the molecule is CCSCC(C)NC(=O)c1cccc(Cl)c1C(=O)O. The fourth-order valence-corrected chi connectivity index (χ4v) is 2.50. The third-order valence-corrected chi connectivity index (χ3v) is 3.88. The van der Waals surface area contributed by atoms with E-state index in [-0.39, 0.29) is 22.2 Å². The first kappa shape index (κ1) is 15.9. The molecule has 104 valence electrons. The van der Waals surface area contributed by atoms with Crippen LogP contribution in [0.3, 0.4) is 0 Å². The topological polar surface area (TPSA) is 66.4 Å². The van der Waals surface area contributed by atoms with E-state index in [1.807, 2.05) is 13.8 Å². The number of nitrogens with one attached hydrogen (secondary N) is 1. The highest BCUT2D eigenvalue weighted by molar-refractivity contribution is 7.99. The number of benzene rings is 1. The first-order valence-electron chi connectivity index (χ1n) is 5.87. The molecule has 1 amide bonds. The molecule has 0 spiro atoms. The number of aromatic carboxylic acids is 1. The molecule has 19 heavy (non-hydrogen) atoms. The zero-order chi connectivity index (χ0) is 14.4. The molecule has 0 aliphatic carbocycles. The summed E-state index contributed by atoms with van der Waals surface area (Å²) in [6.45, 7) is 3.92. The fourth-order valence-electron chi connectivity index (χ4n) is 1.57. The Morgan fingerprint density at radius 1 is 1.47 bits per heavy atom. The summed E-state index contributed by atoms with van der Waals surface area (Å²) >= 11 is 7.53. The van der Waals surface area contributed by atoms with Gasteiger partial charge < -0.3 is 10.4 Å². The van der Waals surface area contributed by atoms with Crippen molar-refractivity contribution < 1.29 is 14.7 Å². The van der Waals surface area contributed by atoms with Crippen LogP contribution < -0.4 is 5.32 Å². The molecule has 1 aromatic rings. The van der Waals surface area contributed by atoms with Crippen molar-refractivity contribution in [1.29, 1.82) is 0 Å². The second-order valence-electron chi connectivity index (χ2n) is 4.00. The monoisotopic (exact) mass is 301 g/mol. The molecular weight excluding hydrogens is 286 g/mol. The van der Waals surface area contributed by atoms with Crippen molar-refractivity contribution in [3.63, 3.8) is 0 Å². The maximum absolute atomic E-state index is 12.1. The molecule has 0 saturated carbocycles. The van der Waals surface area contributed by atoms with Crippen molar-refractivity contribution >= 4 is 35.2 Å². The van der Waals surface area contributed by atoms with Gasteiger partial charge in [-0.25, -0.2) is 4.79 Å². The number of hydrogen-bond acceptors (Lipinski definition) is 3. The van der Waals surface area contributed by atoms with Gasteiger partial charge in [0.05, 0.1) is 16.1 Å². The summed E-state index contributed by atoms with van der Waals surface area (Å²) in [5.41, 5.74) is -0.0645. The second kappa shape index (κ2) is 7.40. The molecule has 0 fully saturated rings. The van der Waals surface area contributed by atoms with Gasteiger partial charge in [0.2, 0.25) is 0 Å². The average molecular weight is 302 g/mol. The minimum absolute atomic E-state index is 0.0296. The number of rotatable bonds is 6. The first-order valence-corrected chi connectivity index (χ1v) is 7.41. The van der Waals surface area contributed by atoms with Crippen LogP contribution in [0, 0.1) is 0 Å². The Bertz CT molecular complexity index is 479. The zero-order valence-corrected chi connectivity index (χ0v) is 12.3. The van der Waals surface area contributed by atoms with E-state index in [0.29, 0.717) is 0 Å². The normalized spacial score (nSPS) is 11.9. The van der Waals surface area contributed by atoms with Crippen LogP contribution in [-0.4, -0.2) is 34.5 Å². The van der Waals surface area contributed by atoms with Crippen LogP contribution in [0.1, 0.15) is 34.6 Å². The van der Waals surface area contributed by atoms with Gasteiger partial charge in [-0.05, 0) is 24.8 Å². The molecule has 1 atom stereocenters. The van der Waals surface area contributed by atoms with Crippen molar-refractivity contribution in [2.24, 2.45) is 0 Å². The summed E-state index contributed by atoms with van der Waals surface area (Å²) in [4.78, 5) is 23.2. The van der Waals surface area contributed by atoms with E-state index < -0.39 is 11.9 Å². The van der Waals surface area contributed by atoms with Crippen LogP contribution in [0.15, 0.2) is 18.2 Å². The van der Waals surface area contributed by atoms with Gasteiger partial charge in [0, 0.05) is 11.8 Å². The van der Waals surface area contributed by atoms with Gasteiger partial charge in [-0.2, -0.15) is 11.8 Å². The van der Waals surface area contributed by atoms with Gasteiger partial charge in [-0.1, -0.05) is 24.6 Å². The minimum atomic E-state index is -1.20. The van der Waals surface area contributed by atoms with Gasteiger partial charge in [-0.15, -0.1) is 0 Å². The van der Waals surface area contributed by atoms with Gasteiger partial charge >= 0.3 is 5.97 Å². The van der Waals surface area contributed by atoms with Crippen LogP contribution >= 0.6 is 23.4 Å². The molecular formula is C13H16ClNO3S. The van der Waals surface area contributed by atoms with Crippen LogP contribution in [0.4, 0.5) is 0 Å². The predicted molar refractivity (Wildman–Crippen MR) is 78.3 cm³/mol. The first-order chi connectivity index (χ1) is 8.97. The quantitative estimate of drug-likeness (QED) is 0.848. The van der Waals surface area contributed by atoms with Gasteiger partial charge in [0.15, 0.2) is 0 Å². The molecule has 1 unspecified atom stereocenters. The summed E-state index contributed by atoms with van der Waals surface area (Å²) in [7, 11) is 0. The highest BCUT2D eigenvalue weighted by atomic mass is 35.5. The van der Waals surface area contributed by atoms with Crippen molar-refractivity contribution in [3.05, 3.63) is 34.3 Å². The van der Waals surface area contributed by atoms with E-state index in [1.54, 1.807) is 17.8 Å². The highest BCUT2D eigenvalue weighted by Crippen LogP contribution is 2.20. The molecule has 0 aliphatic rings. The number of halogens is 1. The molecule has 0 heterocycles. The van der Waals surface area contributed by atoms with Crippen molar-refractivity contribution in [1.82, 2.24) is 5.32 Å². The maximum atomic E-state index is 12.1. The Balaban J connectivity index is 2.88. The number of thioether (sulfide) groups is 1. The number of carbonyl (C=O) groups excluding carboxylic acids is 1. The summed E-state index contributed by atoms with van der Waals surface area (Å²) in [6, 6.07) is 4.45. The lowest BCUT2D eigenvalue weighted by atomic mass is 10.1. The summed E-state index contributed by atoms with van der Waals surface area (Å²) in [5.74, 6) is 0.138. The van der Waals surface area contributed by atoms with Crippen LogP contribution in [0.2, 0.25) is 5.02 Å². The third-order valence-electron chi connectivity index (χ3n) is 2.42. The van der Waals surface area contributed by atoms with Crippen LogP contribution in [0.5, 0.6) is 0 Å². The Kier molecular flexibility index (Phi) is 6.18. The molecule has 1 aromatic carbocycles. The van der Waals surface area contributed by atoms with E-state index in [4.69, 9.17) is 16.7 Å². The molecule has 0 radical (unpaired) electrons. The number of hydrogen-bond donors (Lipinski definition) is 2. The van der Waals surface area contributed by atoms with E-state index in [9.17, 15) is 9.59 Å². The van der Waals surface area contributed by atoms with Gasteiger partial charge in [-0.3, -0.25) is 4.79 Å². The van der Waals surface area contributed by atoms with Gasteiger partial charge in [0.1, 0.15) is 0 Å². The standard InChI is InChI=1S/C13H16ClNO3S/c1-3-19-7-8(2)15-12(16)9-5-4-6-10(14)11(9)13(17)18/h4-6,8H,3,7H2,1-2H3,(H,15,16)(H,17,18). The number of amides is 1. The van der Waals surface area contributed by atoms with Crippen LogP contribution in [0.25, 0.3) is 0 Å². The molecule has 0 saturated heterocycles. The summed E-state index contributed by atoms with van der Waals surface area (Å²) in [5, 5.41) is 11.9. The predicted octanol–water partition coefficient (Wildman–Crippen LogP) is 2.91. The van der Waals surface area contributed by atoms with Crippen molar-refractivity contribution in [2.45, 2.75) is 19.9 Å². The van der Waals surface area contributed by atoms with Crippen molar-refractivity contribution in [2.75, 3.05) is 11.5 Å². The summed E-state index contributed by atoms with van der Waals surface area (Å²) in [6.07, 6.45) is 0.